The Kier molecular flexibility index (Phi) is 7.27. The highest BCUT2D eigenvalue weighted by atomic mass is 16.5. The maximum absolute atomic E-state index is 5.96. The molecule has 1 atom stereocenters. The molecule has 2 heterocycles. The van der Waals surface area contributed by atoms with Crippen LogP contribution in [0.15, 0.2) is 24.3 Å². The molecule has 0 N–H and O–H groups in total. The molecule has 0 bridgehead atoms. The number of nitrogens with zero attached hydrogens (tertiary/aromatic N) is 2. The molecule has 1 unspecified atom stereocenters. The Morgan fingerprint density at radius 3 is 2.36 bits per heavy atom. The summed E-state index contributed by atoms with van der Waals surface area (Å²) in [5, 5.41) is 0. The highest BCUT2D eigenvalue weighted by molar-refractivity contribution is 5.27. The fraction of sp³-hybridized carbons (Fsp3) is 0.750. The van der Waals surface area contributed by atoms with E-state index < -0.39 is 0 Å². The second-order valence-corrected chi connectivity index (χ2v) is 9.09. The maximum atomic E-state index is 5.96. The molecule has 0 spiro atoms. The van der Waals surface area contributed by atoms with E-state index in [1.165, 1.54) is 76.6 Å². The summed E-state index contributed by atoms with van der Waals surface area (Å²) in [6.45, 7) is 6.88. The average molecular weight is 387 g/mol. The number of benzene rings is 1. The molecule has 2 aliphatic heterocycles. The quantitative estimate of drug-likeness (QED) is 0.664. The molecule has 1 aromatic rings. The van der Waals surface area contributed by atoms with Crippen molar-refractivity contribution in [2.75, 3.05) is 39.9 Å². The number of hydrogen-bond donors (Lipinski definition) is 0. The molecule has 1 aliphatic carbocycles. The molecule has 2 saturated heterocycles. The molecule has 156 valence electrons. The summed E-state index contributed by atoms with van der Waals surface area (Å²) in [6.07, 6.45) is 11.4. The summed E-state index contributed by atoms with van der Waals surface area (Å²) in [4.78, 5) is 5.45. The lowest BCUT2D eigenvalue weighted by atomic mass is 9.94. The van der Waals surface area contributed by atoms with Gasteiger partial charge in [0, 0.05) is 32.3 Å². The van der Waals surface area contributed by atoms with Crippen LogP contribution in [0, 0.1) is 5.92 Å². The van der Waals surface area contributed by atoms with E-state index in [1.54, 1.807) is 7.11 Å². The summed E-state index contributed by atoms with van der Waals surface area (Å²) < 4.78 is 11.3. The Bertz CT molecular complexity index is 571. The van der Waals surface area contributed by atoms with Gasteiger partial charge in [0.05, 0.1) is 13.2 Å². The van der Waals surface area contributed by atoms with Crippen molar-refractivity contribution in [3.63, 3.8) is 0 Å². The first-order valence-corrected chi connectivity index (χ1v) is 11.5. The van der Waals surface area contributed by atoms with Crippen molar-refractivity contribution in [3.05, 3.63) is 29.8 Å². The summed E-state index contributed by atoms with van der Waals surface area (Å²) >= 11 is 0. The van der Waals surface area contributed by atoms with Gasteiger partial charge in [-0.25, -0.2) is 0 Å². The second kappa shape index (κ2) is 10.1. The van der Waals surface area contributed by atoms with Crippen LogP contribution in [-0.2, 0) is 11.3 Å². The zero-order chi connectivity index (χ0) is 19.2. The van der Waals surface area contributed by atoms with Crippen LogP contribution in [-0.4, -0.2) is 61.8 Å². The van der Waals surface area contributed by atoms with Crippen LogP contribution in [0.5, 0.6) is 5.75 Å². The lowest BCUT2D eigenvalue weighted by molar-refractivity contribution is 0.0540. The van der Waals surface area contributed by atoms with Gasteiger partial charge >= 0.3 is 0 Å². The van der Waals surface area contributed by atoms with Gasteiger partial charge < -0.3 is 14.4 Å². The first-order chi connectivity index (χ1) is 13.8. The Morgan fingerprint density at radius 2 is 1.71 bits per heavy atom. The van der Waals surface area contributed by atoms with Crippen molar-refractivity contribution in [1.82, 2.24) is 9.80 Å². The van der Waals surface area contributed by atoms with Gasteiger partial charge in [-0.2, -0.15) is 0 Å². The third-order valence-corrected chi connectivity index (χ3v) is 7.06. The standard InChI is InChI=1S/C24H38N2O2/c1-27-23-10-8-20(9-11-23)17-25(19-24-7-4-16-28-24)18-21-12-14-26(15-13-21)22-5-2-3-6-22/h8-11,21-22,24H,2-7,12-19H2,1H3. The Balaban J connectivity index is 1.32. The first kappa shape index (κ1) is 20.2. The van der Waals surface area contributed by atoms with Crippen LogP contribution in [0.1, 0.15) is 56.9 Å². The lowest BCUT2D eigenvalue weighted by Crippen LogP contribution is -2.43. The van der Waals surface area contributed by atoms with Crippen LogP contribution < -0.4 is 4.74 Å². The number of piperidine rings is 1. The van der Waals surface area contributed by atoms with Gasteiger partial charge in [-0.1, -0.05) is 25.0 Å². The molecule has 0 radical (unpaired) electrons. The van der Waals surface area contributed by atoms with Crippen LogP contribution in [0.2, 0.25) is 0 Å². The predicted molar refractivity (Wildman–Crippen MR) is 114 cm³/mol. The molecule has 0 amide bonds. The zero-order valence-corrected chi connectivity index (χ0v) is 17.7. The fourth-order valence-corrected chi connectivity index (χ4v) is 5.40. The fourth-order valence-electron chi connectivity index (χ4n) is 5.40. The molecule has 4 heteroatoms. The maximum Gasteiger partial charge on any atom is 0.118 e. The monoisotopic (exact) mass is 386 g/mol. The van der Waals surface area contributed by atoms with Crippen LogP contribution >= 0.6 is 0 Å². The number of ether oxygens (including phenoxy) is 2. The zero-order valence-electron chi connectivity index (χ0n) is 17.7. The first-order valence-electron chi connectivity index (χ1n) is 11.5. The normalized spacial score (nSPS) is 25.0. The van der Waals surface area contributed by atoms with Crippen LogP contribution in [0.3, 0.4) is 0 Å². The van der Waals surface area contributed by atoms with Crippen molar-refractivity contribution in [2.24, 2.45) is 5.92 Å². The van der Waals surface area contributed by atoms with Crippen molar-refractivity contribution in [2.45, 2.75) is 70.1 Å². The van der Waals surface area contributed by atoms with Crippen molar-refractivity contribution in [3.8, 4) is 5.75 Å². The van der Waals surface area contributed by atoms with E-state index in [2.05, 4.69) is 34.1 Å². The molecule has 28 heavy (non-hydrogen) atoms. The van der Waals surface area contributed by atoms with E-state index in [0.717, 1.165) is 37.4 Å². The largest absolute Gasteiger partial charge is 0.497 e. The van der Waals surface area contributed by atoms with E-state index >= 15 is 0 Å². The molecule has 0 aromatic heterocycles. The summed E-state index contributed by atoms with van der Waals surface area (Å²) in [7, 11) is 1.73. The van der Waals surface area contributed by atoms with Gasteiger partial charge in [0.25, 0.3) is 0 Å². The van der Waals surface area contributed by atoms with E-state index in [1.807, 2.05) is 0 Å². The topological polar surface area (TPSA) is 24.9 Å². The van der Waals surface area contributed by atoms with Gasteiger partial charge in [-0.05, 0) is 75.2 Å². The van der Waals surface area contributed by atoms with E-state index in [9.17, 15) is 0 Å². The van der Waals surface area contributed by atoms with Crippen LogP contribution in [0.4, 0.5) is 0 Å². The van der Waals surface area contributed by atoms with E-state index in [4.69, 9.17) is 9.47 Å². The molecule has 3 fully saturated rings. The minimum absolute atomic E-state index is 0.428. The SMILES string of the molecule is COc1ccc(CN(CC2CCN(C3CCCC3)CC2)CC2CCCO2)cc1. The minimum Gasteiger partial charge on any atom is -0.497 e. The van der Waals surface area contributed by atoms with E-state index in [-0.39, 0.29) is 0 Å². The number of methoxy groups -OCH3 is 1. The predicted octanol–water partition coefficient (Wildman–Crippen LogP) is 4.33. The number of rotatable bonds is 8. The molecule has 3 aliphatic rings. The molecular formula is C24H38N2O2. The van der Waals surface area contributed by atoms with Gasteiger partial charge in [-0.15, -0.1) is 0 Å². The third kappa shape index (κ3) is 5.49. The highest BCUT2D eigenvalue weighted by Gasteiger charge is 2.28. The molecule has 4 nitrogen and oxygen atoms in total. The summed E-state index contributed by atoms with van der Waals surface area (Å²) in [5.74, 6) is 1.77. The smallest absolute Gasteiger partial charge is 0.118 e. The number of likely N-dealkylation sites (tertiary alicyclic amines) is 1. The molecule has 1 saturated carbocycles. The number of hydrogen-bond acceptors (Lipinski definition) is 4. The molecule has 4 rings (SSSR count). The van der Waals surface area contributed by atoms with Crippen molar-refractivity contribution >= 4 is 0 Å². The highest BCUT2D eigenvalue weighted by Crippen LogP contribution is 2.29. The Hall–Kier alpha value is -1.10. The van der Waals surface area contributed by atoms with Gasteiger partial charge in [0.2, 0.25) is 0 Å². The van der Waals surface area contributed by atoms with Crippen molar-refractivity contribution in [1.29, 1.82) is 0 Å². The third-order valence-electron chi connectivity index (χ3n) is 7.06. The summed E-state index contributed by atoms with van der Waals surface area (Å²) in [6, 6.07) is 9.48. The molecular weight excluding hydrogens is 348 g/mol. The van der Waals surface area contributed by atoms with Gasteiger partial charge in [-0.3, -0.25) is 4.90 Å². The summed E-state index contributed by atoms with van der Waals surface area (Å²) in [5.41, 5.74) is 1.38. The minimum atomic E-state index is 0.428. The Morgan fingerprint density at radius 1 is 0.964 bits per heavy atom. The second-order valence-electron chi connectivity index (χ2n) is 9.09. The lowest BCUT2D eigenvalue weighted by Gasteiger charge is -2.38. The van der Waals surface area contributed by atoms with Crippen LogP contribution in [0.25, 0.3) is 0 Å². The van der Waals surface area contributed by atoms with E-state index in [0.29, 0.717) is 6.10 Å². The molecule has 1 aromatic carbocycles. The average Bonchev–Trinajstić information content (AvgIpc) is 3.43. The van der Waals surface area contributed by atoms with Crippen molar-refractivity contribution < 1.29 is 9.47 Å². The van der Waals surface area contributed by atoms with Gasteiger partial charge in [0.15, 0.2) is 0 Å². The van der Waals surface area contributed by atoms with Gasteiger partial charge in [0.1, 0.15) is 5.75 Å². The Labute approximate surface area is 171 Å².